The monoisotopic (exact) mass is 349 g/mol. The van der Waals surface area contributed by atoms with E-state index in [0.29, 0.717) is 12.1 Å². The topological polar surface area (TPSA) is 88.2 Å². The van der Waals surface area contributed by atoms with Gasteiger partial charge in [-0.25, -0.2) is 13.4 Å². The highest BCUT2D eigenvalue weighted by molar-refractivity contribution is 8.00. The van der Waals surface area contributed by atoms with Crippen molar-refractivity contribution in [1.29, 1.82) is 0 Å². The number of rotatable bonds is 3. The van der Waals surface area contributed by atoms with Gasteiger partial charge in [0.25, 0.3) is 10.0 Å². The molecule has 0 saturated heterocycles. The van der Waals surface area contributed by atoms with Crippen LogP contribution in [0.4, 0.5) is 11.5 Å². The molecule has 23 heavy (non-hydrogen) atoms. The Hall–Kier alpha value is -2.06. The van der Waals surface area contributed by atoms with Gasteiger partial charge in [0.1, 0.15) is 5.82 Å². The van der Waals surface area contributed by atoms with Crippen LogP contribution in [0, 0.1) is 0 Å². The van der Waals surface area contributed by atoms with Crippen molar-refractivity contribution in [2.75, 3.05) is 10.0 Å². The Morgan fingerprint density at radius 3 is 2.87 bits per heavy atom. The molecule has 1 amide bonds. The maximum absolute atomic E-state index is 12.4. The van der Waals surface area contributed by atoms with Gasteiger partial charge in [0.2, 0.25) is 5.91 Å². The number of fused-ring (bicyclic) bond motifs is 1. The van der Waals surface area contributed by atoms with Crippen molar-refractivity contribution in [2.24, 2.45) is 0 Å². The van der Waals surface area contributed by atoms with Crippen molar-refractivity contribution in [3.05, 3.63) is 42.6 Å². The van der Waals surface area contributed by atoms with Crippen LogP contribution in [-0.2, 0) is 14.8 Å². The van der Waals surface area contributed by atoms with Crippen LogP contribution in [0.5, 0.6) is 0 Å². The second-order valence-corrected chi connectivity index (χ2v) is 8.32. The summed E-state index contributed by atoms with van der Waals surface area (Å²) in [7, 11) is -3.76. The van der Waals surface area contributed by atoms with Gasteiger partial charge < -0.3 is 5.32 Å². The molecule has 6 nitrogen and oxygen atoms in total. The van der Waals surface area contributed by atoms with Gasteiger partial charge in [-0.1, -0.05) is 13.0 Å². The van der Waals surface area contributed by atoms with Gasteiger partial charge in [0.15, 0.2) is 0 Å². The molecule has 3 rings (SSSR count). The summed E-state index contributed by atoms with van der Waals surface area (Å²) in [4.78, 5) is 16.7. The third kappa shape index (κ3) is 3.65. The zero-order chi connectivity index (χ0) is 16.4. The third-order valence-corrected chi connectivity index (χ3v) is 5.77. The first-order valence-corrected chi connectivity index (χ1v) is 9.35. The molecule has 1 aromatic carbocycles. The average molecular weight is 349 g/mol. The number of carbonyl (C=O) groups is 1. The van der Waals surface area contributed by atoms with Gasteiger partial charge >= 0.3 is 0 Å². The minimum absolute atomic E-state index is 0.0809. The first-order valence-electron chi connectivity index (χ1n) is 6.98. The SMILES string of the molecule is C[C@H]1CC(=O)Nc2cc(S(=O)(=O)Nc3ccccn3)ccc2S1. The van der Waals surface area contributed by atoms with Crippen molar-refractivity contribution in [2.45, 2.75) is 28.4 Å². The molecule has 0 radical (unpaired) electrons. The standard InChI is InChI=1S/C15H15N3O3S2/c1-10-8-15(19)17-12-9-11(5-6-13(12)22-10)23(20,21)18-14-4-2-3-7-16-14/h2-7,9-10H,8H2,1H3,(H,16,18)(H,17,19)/t10-/m0/s1. The van der Waals surface area contributed by atoms with Crippen LogP contribution < -0.4 is 10.0 Å². The maximum atomic E-state index is 12.4. The van der Waals surface area contributed by atoms with E-state index in [1.165, 1.54) is 18.3 Å². The van der Waals surface area contributed by atoms with Crippen molar-refractivity contribution in [3.8, 4) is 0 Å². The number of carbonyl (C=O) groups excluding carboxylic acids is 1. The Labute approximate surface area is 138 Å². The van der Waals surface area contributed by atoms with Crippen molar-refractivity contribution >= 4 is 39.2 Å². The highest BCUT2D eigenvalue weighted by Crippen LogP contribution is 2.36. The largest absolute Gasteiger partial charge is 0.325 e. The summed E-state index contributed by atoms with van der Waals surface area (Å²) in [6.07, 6.45) is 1.90. The summed E-state index contributed by atoms with van der Waals surface area (Å²) in [5, 5.41) is 2.91. The fourth-order valence-corrected chi connectivity index (χ4v) is 4.30. The number of hydrogen-bond acceptors (Lipinski definition) is 5. The second kappa shape index (κ2) is 6.21. The molecule has 2 aromatic rings. The van der Waals surface area contributed by atoms with Gasteiger partial charge in [-0.15, -0.1) is 11.8 Å². The summed E-state index contributed by atoms with van der Waals surface area (Å²) in [6, 6.07) is 9.69. The highest BCUT2D eigenvalue weighted by atomic mass is 32.2. The Balaban J connectivity index is 1.93. The summed E-state index contributed by atoms with van der Waals surface area (Å²) in [5.41, 5.74) is 0.522. The number of nitrogens with one attached hydrogen (secondary N) is 2. The molecule has 1 aliphatic rings. The van der Waals surface area contributed by atoms with Crippen LogP contribution in [-0.4, -0.2) is 24.6 Å². The second-order valence-electron chi connectivity index (χ2n) is 5.16. The average Bonchev–Trinajstić information content (AvgIpc) is 2.63. The molecule has 0 saturated carbocycles. The van der Waals surface area contributed by atoms with Crippen molar-refractivity contribution in [3.63, 3.8) is 0 Å². The number of anilines is 2. The molecule has 1 atom stereocenters. The number of amides is 1. The van der Waals surface area contributed by atoms with Gasteiger partial charge in [0.05, 0.1) is 10.6 Å². The zero-order valence-electron chi connectivity index (χ0n) is 12.3. The number of pyridine rings is 1. The van der Waals surface area contributed by atoms with Gasteiger partial charge in [0, 0.05) is 22.8 Å². The van der Waals surface area contributed by atoms with Crippen LogP contribution in [0.3, 0.4) is 0 Å². The minimum Gasteiger partial charge on any atom is -0.325 e. The number of hydrogen-bond donors (Lipinski definition) is 2. The van der Waals surface area contributed by atoms with E-state index in [2.05, 4.69) is 15.0 Å². The van der Waals surface area contributed by atoms with Crippen LogP contribution in [0.25, 0.3) is 0 Å². The van der Waals surface area contributed by atoms with Gasteiger partial charge in [-0.2, -0.15) is 0 Å². The predicted molar refractivity (Wildman–Crippen MR) is 90.1 cm³/mol. The zero-order valence-corrected chi connectivity index (χ0v) is 13.9. The Bertz CT molecular complexity index is 838. The normalized spacial score (nSPS) is 17.8. The maximum Gasteiger partial charge on any atom is 0.263 e. The molecule has 1 aromatic heterocycles. The number of benzene rings is 1. The molecule has 120 valence electrons. The first-order chi connectivity index (χ1) is 10.9. The molecule has 1 aliphatic heterocycles. The molecule has 0 fully saturated rings. The lowest BCUT2D eigenvalue weighted by Gasteiger charge is -2.11. The number of thioether (sulfide) groups is 1. The van der Waals surface area contributed by atoms with E-state index in [1.807, 2.05) is 6.92 Å². The number of aromatic nitrogens is 1. The summed E-state index contributed by atoms with van der Waals surface area (Å²) in [5.74, 6) is 0.130. The van der Waals surface area contributed by atoms with Crippen LogP contribution >= 0.6 is 11.8 Å². The van der Waals surface area contributed by atoms with E-state index < -0.39 is 10.0 Å². The van der Waals surface area contributed by atoms with Gasteiger partial charge in [-0.05, 0) is 30.3 Å². The van der Waals surface area contributed by atoms with Crippen molar-refractivity contribution < 1.29 is 13.2 Å². The Kier molecular flexibility index (Phi) is 4.27. The first kappa shape index (κ1) is 15.8. The van der Waals surface area contributed by atoms with E-state index >= 15 is 0 Å². The molecule has 0 spiro atoms. The van der Waals surface area contributed by atoms with E-state index in [9.17, 15) is 13.2 Å². The lowest BCUT2D eigenvalue weighted by atomic mass is 10.3. The molecule has 2 N–H and O–H groups in total. The van der Waals surface area contributed by atoms with E-state index in [1.54, 1.807) is 36.0 Å². The molecular weight excluding hydrogens is 334 g/mol. The van der Waals surface area contributed by atoms with Crippen LogP contribution in [0.15, 0.2) is 52.4 Å². The van der Waals surface area contributed by atoms with E-state index in [4.69, 9.17) is 0 Å². The Morgan fingerprint density at radius 2 is 2.13 bits per heavy atom. The molecule has 8 heteroatoms. The van der Waals surface area contributed by atoms with Crippen LogP contribution in [0.2, 0.25) is 0 Å². The number of sulfonamides is 1. The molecule has 2 heterocycles. The highest BCUT2D eigenvalue weighted by Gasteiger charge is 2.22. The fourth-order valence-electron chi connectivity index (χ4n) is 2.22. The summed E-state index contributed by atoms with van der Waals surface area (Å²) < 4.78 is 27.3. The molecule has 0 bridgehead atoms. The molecular formula is C15H15N3O3S2. The smallest absolute Gasteiger partial charge is 0.263 e. The Morgan fingerprint density at radius 1 is 1.30 bits per heavy atom. The number of nitrogens with zero attached hydrogens (tertiary/aromatic N) is 1. The summed E-state index contributed by atoms with van der Waals surface area (Å²) in [6.45, 7) is 1.96. The van der Waals surface area contributed by atoms with Crippen LogP contribution in [0.1, 0.15) is 13.3 Å². The van der Waals surface area contributed by atoms with E-state index in [-0.39, 0.29) is 21.9 Å². The minimum atomic E-state index is -3.76. The lowest BCUT2D eigenvalue weighted by Crippen LogP contribution is -2.15. The third-order valence-electron chi connectivity index (χ3n) is 3.24. The molecule has 0 unspecified atom stereocenters. The van der Waals surface area contributed by atoms with Crippen molar-refractivity contribution in [1.82, 2.24) is 4.98 Å². The quantitative estimate of drug-likeness (QED) is 0.889. The van der Waals surface area contributed by atoms with Gasteiger partial charge in [-0.3, -0.25) is 9.52 Å². The lowest BCUT2D eigenvalue weighted by molar-refractivity contribution is -0.116. The fraction of sp³-hybridized carbons (Fsp3) is 0.200. The summed E-state index contributed by atoms with van der Waals surface area (Å²) >= 11 is 1.55. The van der Waals surface area contributed by atoms with E-state index in [0.717, 1.165) is 4.90 Å². The molecule has 0 aliphatic carbocycles. The predicted octanol–water partition coefficient (Wildman–Crippen LogP) is 2.71.